The molecule has 0 radical (unpaired) electrons. The minimum Gasteiger partial charge on any atom is -0.481 e. The molecule has 25 heavy (non-hydrogen) atoms. The van der Waals surface area contributed by atoms with Gasteiger partial charge in [-0.3, -0.25) is 9.59 Å². The van der Waals surface area contributed by atoms with E-state index >= 15 is 0 Å². The molecule has 0 aromatic carbocycles. The van der Waals surface area contributed by atoms with Gasteiger partial charge < -0.3 is 19.6 Å². The summed E-state index contributed by atoms with van der Waals surface area (Å²) in [5.74, 6) is -0.199. The molecule has 3 rings (SSSR count). The van der Waals surface area contributed by atoms with E-state index in [0.717, 1.165) is 18.9 Å². The number of carboxylic acid groups (broad SMARTS) is 1. The lowest BCUT2D eigenvalue weighted by Crippen LogP contribution is -2.49. The summed E-state index contributed by atoms with van der Waals surface area (Å²) in [5.41, 5.74) is 0.496. The zero-order valence-corrected chi connectivity index (χ0v) is 14.4. The van der Waals surface area contributed by atoms with Crippen LogP contribution in [0.15, 0.2) is 18.3 Å². The molecule has 7 heteroatoms. The van der Waals surface area contributed by atoms with Crippen LogP contribution in [-0.4, -0.2) is 65.8 Å². The third-order valence-electron chi connectivity index (χ3n) is 4.82. The van der Waals surface area contributed by atoms with Gasteiger partial charge >= 0.3 is 5.97 Å². The Morgan fingerprint density at radius 2 is 1.92 bits per heavy atom. The second-order valence-corrected chi connectivity index (χ2v) is 6.63. The van der Waals surface area contributed by atoms with Crippen molar-refractivity contribution in [2.75, 3.05) is 37.7 Å². The number of hydrogen-bond acceptors (Lipinski definition) is 5. The SMILES string of the molecule is O=C(O)C[C@H]1COCCN1C(=O)c1ccc(N2CCCCCC2)nc1. The van der Waals surface area contributed by atoms with Gasteiger partial charge in [0.05, 0.1) is 31.2 Å². The maximum absolute atomic E-state index is 12.8. The first-order chi connectivity index (χ1) is 12.1. The normalized spacial score (nSPS) is 21.7. The maximum Gasteiger partial charge on any atom is 0.305 e. The van der Waals surface area contributed by atoms with E-state index in [9.17, 15) is 9.59 Å². The van der Waals surface area contributed by atoms with Gasteiger partial charge in [0, 0.05) is 25.8 Å². The van der Waals surface area contributed by atoms with Crippen molar-refractivity contribution in [3.8, 4) is 0 Å². The number of aromatic nitrogens is 1. The van der Waals surface area contributed by atoms with E-state index in [1.54, 1.807) is 17.2 Å². The average molecular weight is 347 g/mol. The summed E-state index contributed by atoms with van der Waals surface area (Å²) in [4.78, 5) is 32.1. The molecule has 0 spiro atoms. The van der Waals surface area contributed by atoms with Crippen molar-refractivity contribution in [1.82, 2.24) is 9.88 Å². The van der Waals surface area contributed by atoms with Gasteiger partial charge in [0.1, 0.15) is 5.82 Å². The Bertz CT molecular complexity index is 597. The number of ether oxygens (including phenoxy) is 1. The minimum absolute atomic E-state index is 0.106. The van der Waals surface area contributed by atoms with Crippen molar-refractivity contribution < 1.29 is 19.4 Å². The fourth-order valence-electron chi connectivity index (χ4n) is 3.46. The number of pyridine rings is 1. The molecular weight excluding hydrogens is 322 g/mol. The van der Waals surface area contributed by atoms with Gasteiger partial charge in [-0.05, 0) is 25.0 Å². The number of amides is 1. The van der Waals surface area contributed by atoms with Gasteiger partial charge in [0.15, 0.2) is 0 Å². The molecule has 1 aromatic heterocycles. The first-order valence-corrected chi connectivity index (χ1v) is 8.96. The Morgan fingerprint density at radius 1 is 1.16 bits per heavy atom. The zero-order chi connectivity index (χ0) is 17.6. The molecule has 2 aliphatic heterocycles. The van der Waals surface area contributed by atoms with Gasteiger partial charge in [-0.2, -0.15) is 0 Å². The van der Waals surface area contributed by atoms with E-state index in [0.29, 0.717) is 18.7 Å². The summed E-state index contributed by atoms with van der Waals surface area (Å²) in [6.07, 6.45) is 6.37. The lowest BCUT2D eigenvalue weighted by atomic mass is 10.1. The minimum atomic E-state index is -0.928. The third kappa shape index (κ3) is 4.48. The van der Waals surface area contributed by atoms with Crippen LogP contribution >= 0.6 is 0 Å². The molecule has 2 fully saturated rings. The van der Waals surface area contributed by atoms with Crippen molar-refractivity contribution in [3.05, 3.63) is 23.9 Å². The van der Waals surface area contributed by atoms with Crippen LogP contribution in [0.3, 0.4) is 0 Å². The van der Waals surface area contributed by atoms with Gasteiger partial charge in [0.25, 0.3) is 5.91 Å². The Balaban J connectivity index is 1.69. The second-order valence-electron chi connectivity index (χ2n) is 6.63. The van der Waals surface area contributed by atoms with Crippen molar-refractivity contribution in [2.45, 2.75) is 38.1 Å². The van der Waals surface area contributed by atoms with E-state index in [1.165, 1.54) is 25.7 Å². The van der Waals surface area contributed by atoms with E-state index in [2.05, 4.69) is 9.88 Å². The summed E-state index contributed by atoms with van der Waals surface area (Å²) >= 11 is 0. The molecule has 1 N–H and O–H groups in total. The predicted octanol–water partition coefficient (Wildman–Crippen LogP) is 1.78. The summed E-state index contributed by atoms with van der Waals surface area (Å²) in [6, 6.07) is 3.26. The molecule has 136 valence electrons. The van der Waals surface area contributed by atoms with Crippen LogP contribution in [0.25, 0.3) is 0 Å². The summed E-state index contributed by atoms with van der Waals surface area (Å²) in [7, 11) is 0. The highest BCUT2D eigenvalue weighted by molar-refractivity contribution is 5.94. The van der Waals surface area contributed by atoms with E-state index in [1.807, 2.05) is 6.07 Å². The van der Waals surface area contributed by atoms with Crippen LogP contribution in [-0.2, 0) is 9.53 Å². The monoisotopic (exact) mass is 347 g/mol. The fourth-order valence-corrected chi connectivity index (χ4v) is 3.46. The average Bonchev–Trinajstić information content (AvgIpc) is 2.91. The second kappa shape index (κ2) is 8.29. The summed E-state index contributed by atoms with van der Waals surface area (Å²) in [6.45, 7) is 3.11. The molecule has 0 saturated carbocycles. The van der Waals surface area contributed by atoms with Crippen LogP contribution in [0, 0.1) is 0 Å². The first kappa shape index (κ1) is 17.7. The molecule has 0 aliphatic carbocycles. The van der Waals surface area contributed by atoms with Gasteiger partial charge in [-0.15, -0.1) is 0 Å². The highest BCUT2D eigenvalue weighted by Crippen LogP contribution is 2.19. The van der Waals surface area contributed by atoms with Crippen LogP contribution in [0.2, 0.25) is 0 Å². The van der Waals surface area contributed by atoms with Crippen LogP contribution in [0.4, 0.5) is 5.82 Å². The number of rotatable bonds is 4. The van der Waals surface area contributed by atoms with Gasteiger partial charge in [0.2, 0.25) is 0 Å². The van der Waals surface area contributed by atoms with Gasteiger partial charge in [-0.1, -0.05) is 12.8 Å². The molecular formula is C18H25N3O4. The van der Waals surface area contributed by atoms with Crippen LogP contribution < -0.4 is 4.90 Å². The predicted molar refractivity (Wildman–Crippen MR) is 92.8 cm³/mol. The number of anilines is 1. The topological polar surface area (TPSA) is 83.0 Å². The van der Waals surface area contributed by atoms with Gasteiger partial charge in [-0.25, -0.2) is 4.98 Å². The van der Waals surface area contributed by atoms with Crippen molar-refractivity contribution in [2.24, 2.45) is 0 Å². The number of carbonyl (C=O) groups is 2. The standard InChI is InChI=1S/C18H25N3O4/c22-17(23)11-15-13-25-10-9-21(15)18(24)14-5-6-16(19-12-14)20-7-3-1-2-4-8-20/h5-6,12,15H,1-4,7-11,13H2,(H,22,23)/t15-/m0/s1. The highest BCUT2D eigenvalue weighted by Gasteiger charge is 2.30. The fraction of sp³-hybridized carbons (Fsp3) is 0.611. The quantitative estimate of drug-likeness (QED) is 0.894. The number of nitrogens with zero attached hydrogens (tertiary/aromatic N) is 3. The lowest BCUT2D eigenvalue weighted by molar-refractivity contribution is -0.139. The Morgan fingerprint density at radius 3 is 2.56 bits per heavy atom. The van der Waals surface area contributed by atoms with Crippen molar-refractivity contribution >= 4 is 17.7 Å². The van der Waals surface area contributed by atoms with Crippen molar-refractivity contribution in [3.63, 3.8) is 0 Å². The molecule has 2 aliphatic rings. The maximum atomic E-state index is 12.8. The smallest absolute Gasteiger partial charge is 0.305 e. The molecule has 1 atom stereocenters. The van der Waals surface area contributed by atoms with Crippen LogP contribution in [0.1, 0.15) is 42.5 Å². The number of carbonyl (C=O) groups excluding carboxylic acids is 1. The Kier molecular flexibility index (Phi) is 5.86. The van der Waals surface area contributed by atoms with Crippen molar-refractivity contribution in [1.29, 1.82) is 0 Å². The first-order valence-electron chi connectivity index (χ1n) is 8.96. The molecule has 1 amide bonds. The highest BCUT2D eigenvalue weighted by atomic mass is 16.5. The molecule has 3 heterocycles. The number of aliphatic carboxylic acids is 1. The largest absolute Gasteiger partial charge is 0.481 e. The molecule has 0 bridgehead atoms. The lowest BCUT2D eigenvalue weighted by Gasteiger charge is -2.34. The van der Waals surface area contributed by atoms with E-state index in [-0.39, 0.29) is 18.9 Å². The van der Waals surface area contributed by atoms with E-state index in [4.69, 9.17) is 9.84 Å². The number of hydrogen-bond donors (Lipinski definition) is 1. The number of morpholine rings is 1. The third-order valence-corrected chi connectivity index (χ3v) is 4.82. The molecule has 2 saturated heterocycles. The molecule has 0 unspecified atom stereocenters. The Labute approximate surface area is 147 Å². The molecule has 7 nitrogen and oxygen atoms in total. The summed E-state index contributed by atoms with van der Waals surface area (Å²) < 4.78 is 5.33. The zero-order valence-electron chi connectivity index (χ0n) is 14.4. The number of carboxylic acids is 1. The Hall–Kier alpha value is -2.15. The summed E-state index contributed by atoms with van der Waals surface area (Å²) in [5, 5.41) is 9.03. The van der Waals surface area contributed by atoms with Crippen LogP contribution in [0.5, 0.6) is 0 Å². The molecule has 1 aromatic rings. The van der Waals surface area contributed by atoms with E-state index < -0.39 is 12.0 Å².